The van der Waals surface area contributed by atoms with Crippen molar-refractivity contribution >= 4 is 39.6 Å². The molecule has 0 aliphatic rings. The number of fused-ring (bicyclic) bond motifs is 1. The minimum Gasteiger partial charge on any atom is -0.493 e. The van der Waals surface area contributed by atoms with E-state index in [-0.39, 0.29) is 0 Å². The smallest absolute Gasteiger partial charge is 0.174 e. The normalized spacial score (nSPS) is 10.5. The number of rotatable bonds is 5. The van der Waals surface area contributed by atoms with Crippen LogP contribution in [0.15, 0.2) is 54.6 Å². The Kier molecular flexibility index (Phi) is 4.81. The SMILES string of the molecule is COc1cc(C=O)cc(I)c1OCc1cccc2ccccc12. The molecule has 0 radical (unpaired) electrons. The van der Waals surface area contributed by atoms with E-state index in [9.17, 15) is 4.79 Å². The van der Waals surface area contributed by atoms with Crippen LogP contribution in [-0.4, -0.2) is 13.4 Å². The minimum atomic E-state index is 0.439. The van der Waals surface area contributed by atoms with Crippen molar-refractivity contribution in [3.8, 4) is 11.5 Å². The van der Waals surface area contributed by atoms with Crippen LogP contribution in [0.1, 0.15) is 15.9 Å². The van der Waals surface area contributed by atoms with Crippen LogP contribution in [0.3, 0.4) is 0 Å². The van der Waals surface area contributed by atoms with E-state index < -0.39 is 0 Å². The molecule has 23 heavy (non-hydrogen) atoms. The Hall–Kier alpha value is -2.08. The van der Waals surface area contributed by atoms with E-state index in [1.807, 2.05) is 18.2 Å². The summed E-state index contributed by atoms with van der Waals surface area (Å²) in [5.74, 6) is 1.23. The summed E-state index contributed by atoms with van der Waals surface area (Å²) in [7, 11) is 1.57. The van der Waals surface area contributed by atoms with E-state index >= 15 is 0 Å². The van der Waals surface area contributed by atoms with Crippen LogP contribution in [0.25, 0.3) is 10.8 Å². The summed E-state index contributed by atoms with van der Waals surface area (Å²) < 4.78 is 12.2. The van der Waals surface area contributed by atoms with E-state index in [4.69, 9.17) is 9.47 Å². The molecule has 0 saturated carbocycles. The van der Waals surface area contributed by atoms with E-state index in [0.717, 1.165) is 15.4 Å². The van der Waals surface area contributed by atoms with Gasteiger partial charge in [0.05, 0.1) is 10.7 Å². The maximum Gasteiger partial charge on any atom is 0.174 e. The number of carbonyl (C=O) groups excluding carboxylic acids is 1. The Morgan fingerprint density at radius 3 is 2.65 bits per heavy atom. The Morgan fingerprint density at radius 2 is 1.87 bits per heavy atom. The molecule has 3 nitrogen and oxygen atoms in total. The summed E-state index contributed by atoms with van der Waals surface area (Å²) >= 11 is 2.16. The Balaban J connectivity index is 1.92. The summed E-state index contributed by atoms with van der Waals surface area (Å²) in [5.41, 5.74) is 1.68. The Labute approximate surface area is 148 Å². The molecule has 0 spiro atoms. The lowest BCUT2D eigenvalue weighted by atomic mass is 10.1. The highest BCUT2D eigenvalue weighted by Crippen LogP contribution is 2.34. The van der Waals surface area contributed by atoms with Crippen molar-refractivity contribution < 1.29 is 14.3 Å². The van der Waals surface area contributed by atoms with Crippen molar-refractivity contribution in [2.24, 2.45) is 0 Å². The molecule has 0 bridgehead atoms. The van der Waals surface area contributed by atoms with Gasteiger partial charge >= 0.3 is 0 Å². The predicted octanol–water partition coefficient (Wildman–Crippen LogP) is 4.84. The van der Waals surface area contributed by atoms with Gasteiger partial charge in [0.2, 0.25) is 0 Å². The predicted molar refractivity (Wildman–Crippen MR) is 99.4 cm³/mol. The van der Waals surface area contributed by atoms with Crippen molar-refractivity contribution in [3.05, 3.63) is 69.3 Å². The highest BCUT2D eigenvalue weighted by Gasteiger charge is 2.12. The lowest BCUT2D eigenvalue weighted by Gasteiger charge is -2.14. The zero-order valence-corrected chi connectivity index (χ0v) is 14.7. The molecule has 0 aromatic heterocycles. The number of aldehydes is 1. The molecule has 3 aromatic carbocycles. The highest BCUT2D eigenvalue weighted by molar-refractivity contribution is 14.1. The molecule has 3 rings (SSSR count). The molecule has 0 saturated heterocycles. The fourth-order valence-corrected chi connectivity index (χ4v) is 3.30. The van der Waals surface area contributed by atoms with Crippen LogP contribution >= 0.6 is 22.6 Å². The van der Waals surface area contributed by atoms with Gasteiger partial charge in [0.1, 0.15) is 12.9 Å². The number of benzene rings is 3. The lowest BCUT2D eigenvalue weighted by Crippen LogP contribution is -2.01. The fourth-order valence-electron chi connectivity index (χ4n) is 2.52. The van der Waals surface area contributed by atoms with E-state index in [1.54, 1.807) is 19.2 Å². The van der Waals surface area contributed by atoms with Gasteiger partial charge in [-0.05, 0) is 51.1 Å². The molecule has 0 aliphatic heterocycles. The summed E-state index contributed by atoms with van der Waals surface area (Å²) in [6.07, 6.45) is 0.805. The van der Waals surface area contributed by atoms with E-state index in [2.05, 4.69) is 46.9 Å². The Morgan fingerprint density at radius 1 is 1.09 bits per heavy atom. The largest absolute Gasteiger partial charge is 0.493 e. The Bertz CT molecular complexity index is 853. The van der Waals surface area contributed by atoms with Gasteiger partial charge in [-0.1, -0.05) is 42.5 Å². The fraction of sp³-hybridized carbons (Fsp3) is 0.105. The lowest BCUT2D eigenvalue weighted by molar-refractivity contribution is 0.112. The number of hydrogen-bond acceptors (Lipinski definition) is 3. The van der Waals surface area contributed by atoms with Gasteiger partial charge < -0.3 is 9.47 Å². The van der Waals surface area contributed by atoms with Gasteiger partial charge in [-0.2, -0.15) is 0 Å². The van der Waals surface area contributed by atoms with Gasteiger partial charge in [-0.25, -0.2) is 0 Å². The number of halogens is 1. The molecule has 0 unspecified atom stereocenters. The first-order valence-electron chi connectivity index (χ1n) is 7.15. The maximum atomic E-state index is 11.0. The van der Waals surface area contributed by atoms with E-state index in [1.165, 1.54) is 10.8 Å². The molecule has 0 aliphatic carbocycles. The van der Waals surface area contributed by atoms with Crippen molar-refractivity contribution in [2.75, 3.05) is 7.11 Å². The minimum absolute atomic E-state index is 0.439. The van der Waals surface area contributed by atoms with Gasteiger partial charge in [0.15, 0.2) is 11.5 Å². The zero-order chi connectivity index (χ0) is 16.2. The zero-order valence-electron chi connectivity index (χ0n) is 12.6. The average Bonchev–Trinajstić information content (AvgIpc) is 2.60. The summed E-state index contributed by atoms with van der Waals surface area (Å²) in [6, 6.07) is 17.9. The van der Waals surface area contributed by atoms with Crippen LogP contribution in [-0.2, 0) is 6.61 Å². The highest BCUT2D eigenvalue weighted by atomic mass is 127. The summed E-state index contributed by atoms with van der Waals surface area (Å²) in [4.78, 5) is 11.0. The van der Waals surface area contributed by atoms with Gasteiger partial charge in [-0.15, -0.1) is 0 Å². The third kappa shape index (κ3) is 3.32. The molecule has 0 atom stereocenters. The average molecular weight is 418 g/mol. The van der Waals surface area contributed by atoms with Gasteiger partial charge in [0, 0.05) is 5.56 Å². The van der Waals surface area contributed by atoms with Crippen LogP contribution in [0.4, 0.5) is 0 Å². The second-order valence-electron chi connectivity index (χ2n) is 5.08. The third-order valence-corrected chi connectivity index (χ3v) is 4.44. The monoisotopic (exact) mass is 418 g/mol. The third-order valence-electron chi connectivity index (χ3n) is 3.64. The number of hydrogen-bond donors (Lipinski definition) is 0. The standard InChI is InChI=1S/C19H15IO3/c1-22-18-10-13(11-21)9-17(20)19(18)23-12-15-7-4-6-14-5-2-3-8-16(14)15/h2-11H,12H2,1H3. The molecule has 116 valence electrons. The van der Waals surface area contributed by atoms with Crippen LogP contribution in [0.2, 0.25) is 0 Å². The first kappa shape index (κ1) is 15.8. The second-order valence-corrected chi connectivity index (χ2v) is 6.24. The van der Waals surface area contributed by atoms with Crippen LogP contribution < -0.4 is 9.47 Å². The van der Waals surface area contributed by atoms with Gasteiger partial charge in [-0.3, -0.25) is 4.79 Å². The molecular weight excluding hydrogens is 403 g/mol. The molecule has 0 N–H and O–H groups in total. The number of carbonyl (C=O) groups is 1. The topological polar surface area (TPSA) is 35.5 Å². The number of ether oxygens (including phenoxy) is 2. The second kappa shape index (κ2) is 7.00. The molecule has 0 amide bonds. The molecule has 0 heterocycles. The van der Waals surface area contributed by atoms with E-state index in [0.29, 0.717) is 23.7 Å². The van der Waals surface area contributed by atoms with Crippen molar-refractivity contribution in [1.29, 1.82) is 0 Å². The first-order chi connectivity index (χ1) is 11.2. The van der Waals surface area contributed by atoms with Gasteiger partial charge in [0.25, 0.3) is 0 Å². The quantitative estimate of drug-likeness (QED) is 0.439. The molecule has 0 fully saturated rings. The van der Waals surface area contributed by atoms with Crippen LogP contribution in [0.5, 0.6) is 11.5 Å². The van der Waals surface area contributed by atoms with Crippen LogP contribution in [0, 0.1) is 3.57 Å². The molecule has 3 aromatic rings. The summed E-state index contributed by atoms with van der Waals surface area (Å²) in [5, 5.41) is 2.36. The molecule has 4 heteroatoms. The van der Waals surface area contributed by atoms with Crippen molar-refractivity contribution in [2.45, 2.75) is 6.61 Å². The summed E-state index contributed by atoms with van der Waals surface area (Å²) in [6.45, 7) is 0.439. The number of methoxy groups -OCH3 is 1. The molecular formula is C19H15IO3. The van der Waals surface area contributed by atoms with Crippen molar-refractivity contribution in [3.63, 3.8) is 0 Å². The van der Waals surface area contributed by atoms with Crippen molar-refractivity contribution in [1.82, 2.24) is 0 Å². The first-order valence-corrected chi connectivity index (χ1v) is 8.23. The maximum absolute atomic E-state index is 11.0.